The molecule has 0 radical (unpaired) electrons. The quantitative estimate of drug-likeness (QED) is 0.786. The lowest BCUT2D eigenvalue weighted by atomic mass is 10.1. The lowest BCUT2D eigenvalue weighted by molar-refractivity contribution is -0.130. The first-order chi connectivity index (χ1) is 9.45. The standard InChI is InChI=1S/C15H22N2OS2/c1-11(8-9-20-3)17(2)14(18)10-12-4-6-13(7-5-12)15(16)19/h4-7,11H,8-10H2,1-3H3,(H2,16,19). The monoisotopic (exact) mass is 310 g/mol. The van der Waals surface area contributed by atoms with Crippen LogP contribution in [-0.2, 0) is 11.2 Å². The zero-order chi connectivity index (χ0) is 15.1. The first kappa shape index (κ1) is 17.0. The molecule has 1 rings (SSSR count). The van der Waals surface area contributed by atoms with Crippen LogP contribution in [0, 0.1) is 0 Å². The van der Waals surface area contributed by atoms with E-state index in [4.69, 9.17) is 18.0 Å². The van der Waals surface area contributed by atoms with Crippen LogP contribution < -0.4 is 5.73 Å². The summed E-state index contributed by atoms with van der Waals surface area (Å²) in [7, 11) is 1.87. The van der Waals surface area contributed by atoms with E-state index < -0.39 is 0 Å². The molecule has 0 bridgehead atoms. The van der Waals surface area contributed by atoms with Gasteiger partial charge in [0, 0.05) is 18.7 Å². The van der Waals surface area contributed by atoms with Gasteiger partial charge in [-0.25, -0.2) is 0 Å². The number of amides is 1. The van der Waals surface area contributed by atoms with Gasteiger partial charge in [0.25, 0.3) is 0 Å². The molecule has 1 aromatic carbocycles. The van der Waals surface area contributed by atoms with E-state index in [0.29, 0.717) is 11.4 Å². The van der Waals surface area contributed by atoms with Gasteiger partial charge in [-0.15, -0.1) is 0 Å². The summed E-state index contributed by atoms with van der Waals surface area (Å²) in [4.78, 5) is 14.4. The molecule has 0 aromatic heterocycles. The van der Waals surface area contributed by atoms with Gasteiger partial charge in [-0.3, -0.25) is 4.79 Å². The smallest absolute Gasteiger partial charge is 0.226 e. The highest BCUT2D eigenvalue weighted by Crippen LogP contribution is 2.10. The molecule has 20 heavy (non-hydrogen) atoms. The Morgan fingerprint density at radius 1 is 1.40 bits per heavy atom. The fraction of sp³-hybridized carbons (Fsp3) is 0.467. The highest BCUT2D eigenvalue weighted by Gasteiger charge is 2.15. The molecule has 110 valence electrons. The zero-order valence-corrected chi connectivity index (χ0v) is 13.9. The molecule has 1 amide bonds. The van der Waals surface area contributed by atoms with Crippen molar-refractivity contribution in [3.05, 3.63) is 35.4 Å². The summed E-state index contributed by atoms with van der Waals surface area (Å²) in [6.07, 6.45) is 3.51. The number of likely N-dealkylation sites (N-methyl/N-ethyl adjacent to an activating group) is 1. The van der Waals surface area contributed by atoms with E-state index in [1.54, 1.807) is 11.8 Å². The Morgan fingerprint density at radius 2 is 2.00 bits per heavy atom. The van der Waals surface area contributed by atoms with Crippen LogP contribution in [0.15, 0.2) is 24.3 Å². The lowest BCUT2D eigenvalue weighted by Crippen LogP contribution is -2.36. The van der Waals surface area contributed by atoms with Crippen molar-refractivity contribution < 1.29 is 4.79 Å². The zero-order valence-electron chi connectivity index (χ0n) is 12.3. The molecular formula is C15H22N2OS2. The molecule has 0 saturated heterocycles. The summed E-state index contributed by atoms with van der Waals surface area (Å²) in [6.45, 7) is 2.09. The van der Waals surface area contributed by atoms with Gasteiger partial charge in [0.05, 0.1) is 6.42 Å². The molecule has 3 nitrogen and oxygen atoms in total. The third-order valence-corrected chi connectivity index (χ3v) is 4.27. The van der Waals surface area contributed by atoms with E-state index >= 15 is 0 Å². The molecule has 1 aromatic rings. The van der Waals surface area contributed by atoms with Crippen molar-refractivity contribution in [2.75, 3.05) is 19.1 Å². The van der Waals surface area contributed by atoms with Gasteiger partial charge in [-0.1, -0.05) is 36.5 Å². The predicted molar refractivity (Wildman–Crippen MR) is 91.3 cm³/mol. The summed E-state index contributed by atoms with van der Waals surface area (Å²) in [5.41, 5.74) is 7.37. The number of rotatable bonds is 7. The van der Waals surface area contributed by atoms with E-state index in [-0.39, 0.29) is 11.9 Å². The van der Waals surface area contributed by atoms with E-state index in [1.807, 2.05) is 36.2 Å². The van der Waals surface area contributed by atoms with Crippen molar-refractivity contribution in [3.63, 3.8) is 0 Å². The molecular weight excluding hydrogens is 288 g/mol. The number of carbonyl (C=O) groups excluding carboxylic acids is 1. The Kier molecular flexibility index (Phi) is 7.02. The van der Waals surface area contributed by atoms with Crippen molar-refractivity contribution in [2.45, 2.75) is 25.8 Å². The summed E-state index contributed by atoms with van der Waals surface area (Å²) in [5, 5.41) is 0. The van der Waals surface area contributed by atoms with Gasteiger partial charge >= 0.3 is 0 Å². The normalized spacial score (nSPS) is 11.9. The molecule has 2 N–H and O–H groups in total. The second-order valence-corrected chi connectivity index (χ2v) is 6.30. The maximum absolute atomic E-state index is 12.2. The SMILES string of the molecule is CSCCC(C)N(C)C(=O)Cc1ccc(C(N)=S)cc1. The number of thioether (sulfide) groups is 1. The van der Waals surface area contributed by atoms with Crippen molar-refractivity contribution in [2.24, 2.45) is 5.73 Å². The topological polar surface area (TPSA) is 46.3 Å². The highest BCUT2D eigenvalue weighted by molar-refractivity contribution is 7.98. The Hall–Kier alpha value is -1.07. The molecule has 0 heterocycles. The molecule has 0 saturated carbocycles. The van der Waals surface area contributed by atoms with Gasteiger partial charge in [0.2, 0.25) is 5.91 Å². The van der Waals surface area contributed by atoms with Crippen LogP contribution in [0.2, 0.25) is 0 Å². The number of hydrogen-bond acceptors (Lipinski definition) is 3. The second kappa shape index (κ2) is 8.27. The van der Waals surface area contributed by atoms with Crippen LogP contribution in [-0.4, -0.2) is 40.9 Å². The van der Waals surface area contributed by atoms with Crippen molar-refractivity contribution in [1.29, 1.82) is 0 Å². The first-order valence-corrected chi connectivity index (χ1v) is 8.39. The Balaban J connectivity index is 2.58. The largest absolute Gasteiger partial charge is 0.389 e. The Bertz CT molecular complexity index is 459. The minimum atomic E-state index is 0.140. The van der Waals surface area contributed by atoms with Crippen molar-refractivity contribution in [1.82, 2.24) is 4.90 Å². The van der Waals surface area contributed by atoms with Gasteiger partial charge < -0.3 is 10.6 Å². The van der Waals surface area contributed by atoms with Crippen molar-refractivity contribution >= 4 is 34.9 Å². The van der Waals surface area contributed by atoms with E-state index in [9.17, 15) is 4.79 Å². The first-order valence-electron chi connectivity index (χ1n) is 6.59. The van der Waals surface area contributed by atoms with Gasteiger partial charge in [0.1, 0.15) is 4.99 Å². The number of benzene rings is 1. The molecule has 1 unspecified atom stereocenters. The molecule has 0 aliphatic carbocycles. The number of carbonyl (C=O) groups is 1. The van der Waals surface area contributed by atoms with Gasteiger partial charge in [-0.2, -0.15) is 11.8 Å². The molecule has 0 fully saturated rings. The van der Waals surface area contributed by atoms with Crippen LogP contribution in [0.4, 0.5) is 0 Å². The highest BCUT2D eigenvalue weighted by atomic mass is 32.2. The minimum Gasteiger partial charge on any atom is -0.389 e. The summed E-state index contributed by atoms with van der Waals surface area (Å²) in [5.74, 6) is 1.21. The maximum Gasteiger partial charge on any atom is 0.226 e. The van der Waals surface area contributed by atoms with Crippen LogP contribution >= 0.6 is 24.0 Å². The maximum atomic E-state index is 12.2. The molecule has 1 atom stereocenters. The third kappa shape index (κ3) is 5.13. The predicted octanol–water partition coefficient (Wildman–Crippen LogP) is 2.46. The fourth-order valence-corrected chi connectivity index (χ4v) is 2.53. The molecule has 0 aliphatic rings. The molecule has 5 heteroatoms. The molecule has 0 spiro atoms. The third-order valence-electron chi connectivity index (χ3n) is 3.39. The number of nitrogens with two attached hydrogens (primary N) is 1. The average Bonchev–Trinajstić information content (AvgIpc) is 2.44. The molecule has 0 aliphatic heterocycles. The second-order valence-electron chi connectivity index (χ2n) is 4.87. The summed E-state index contributed by atoms with van der Waals surface area (Å²) < 4.78 is 0. The van der Waals surface area contributed by atoms with Crippen LogP contribution in [0.3, 0.4) is 0 Å². The van der Waals surface area contributed by atoms with E-state index in [2.05, 4.69) is 13.2 Å². The minimum absolute atomic E-state index is 0.140. The Morgan fingerprint density at radius 3 is 2.50 bits per heavy atom. The van der Waals surface area contributed by atoms with Crippen LogP contribution in [0.5, 0.6) is 0 Å². The van der Waals surface area contributed by atoms with E-state index in [1.165, 1.54) is 0 Å². The average molecular weight is 310 g/mol. The lowest BCUT2D eigenvalue weighted by Gasteiger charge is -2.25. The van der Waals surface area contributed by atoms with Gasteiger partial charge in [-0.05, 0) is 30.9 Å². The van der Waals surface area contributed by atoms with Crippen LogP contribution in [0.25, 0.3) is 0 Å². The fourth-order valence-electron chi connectivity index (χ4n) is 1.81. The summed E-state index contributed by atoms with van der Waals surface area (Å²) in [6, 6.07) is 7.81. The number of hydrogen-bond donors (Lipinski definition) is 1. The van der Waals surface area contributed by atoms with Gasteiger partial charge in [0.15, 0.2) is 0 Å². The number of thiocarbonyl (C=S) groups is 1. The van der Waals surface area contributed by atoms with Crippen molar-refractivity contribution in [3.8, 4) is 0 Å². The van der Waals surface area contributed by atoms with E-state index in [0.717, 1.165) is 23.3 Å². The Labute approximate surface area is 130 Å². The summed E-state index contributed by atoms with van der Waals surface area (Å²) >= 11 is 6.72. The van der Waals surface area contributed by atoms with Crippen LogP contribution in [0.1, 0.15) is 24.5 Å². The number of nitrogens with zero attached hydrogens (tertiary/aromatic N) is 1.